The van der Waals surface area contributed by atoms with Crippen molar-refractivity contribution >= 4 is 27.3 Å². The van der Waals surface area contributed by atoms with Gasteiger partial charge in [0.2, 0.25) is 15.9 Å². The molecule has 0 radical (unpaired) electrons. The smallest absolute Gasteiger partial charge is 0.244 e. The van der Waals surface area contributed by atoms with E-state index in [2.05, 4.69) is 22.3 Å². The fourth-order valence-electron chi connectivity index (χ4n) is 3.93. The minimum atomic E-state index is -3.74. The molecule has 1 fully saturated rings. The number of halogens is 1. The molecule has 1 N–H and O–H groups in total. The number of piperidine rings is 1. The van der Waals surface area contributed by atoms with E-state index in [-0.39, 0.29) is 12.1 Å². The first kappa shape index (κ1) is 23.1. The van der Waals surface area contributed by atoms with E-state index < -0.39 is 27.8 Å². The summed E-state index contributed by atoms with van der Waals surface area (Å²) in [5.74, 6) is -0.861. The highest BCUT2D eigenvalue weighted by molar-refractivity contribution is 7.92. The summed E-state index contributed by atoms with van der Waals surface area (Å²) in [5.41, 5.74) is 2.38. The van der Waals surface area contributed by atoms with Gasteiger partial charge in [-0.05, 0) is 67.6 Å². The average molecular weight is 448 g/mol. The monoisotopic (exact) mass is 447 g/mol. The van der Waals surface area contributed by atoms with Gasteiger partial charge in [0, 0.05) is 25.3 Å². The van der Waals surface area contributed by atoms with Crippen LogP contribution >= 0.6 is 0 Å². The lowest BCUT2D eigenvalue weighted by Gasteiger charge is -2.30. The zero-order valence-corrected chi connectivity index (χ0v) is 18.9. The number of nitrogens with one attached hydrogen (secondary N) is 1. The van der Waals surface area contributed by atoms with Crippen molar-refractivity contribution in [3.8, 4) is 0 Å². The Morgan fingerprint density at radius 1 is 1.06 bits per heavy atom. The van der Waals surface area contributed by atoms with Gasteiger partial charge in [0.15, 0.2) is 0 Å². The summed E-state index contributed by atoms with van der Waals surface area (Å²) in [4.78, 5) is 15.3. The van der Waals surface area contributed by atoms with E-state index >= 15 is 0 Å². The van der Waals surface area contributed by atoms with Crippen LogP contribution < -0.4 is 14.5 Å². The van der Waals surface area contributed by atoms with Gasteiger partial charge in [-0.25, -0.2) is 12.8 Å². The van der Waals surface area contributed by atoms with Crippen LogP contribution in [0.4, 0.5) is 15.8 Å². The van der Waals surface area contributed by atoms with E-state index in [1.165, 1.54) is 49.2 Å². The SMILES string of the molecule is CCC(C(=O)NCc1ccc(N2CCCCC2)cc1)N(c1ccc(F)cc1)S(C)(=O)=O. The third-order valence-electron chi connectivity index (χ3n) is 5.54. The number of nitrogens with zero attached hydrogens (tertiary/aromatic N) is 2. The van der Waals surface area contributed by atoms with Crippen LogP contribution in [0.3, 0.4) is 0 Å². The molecule has 0 aliphatic carbocycles. The van der Waals surface area contributed by atoms with Gasteiger partial charge in [0.05, 0.1) is 11.9 Å². The fraction of sp³-hybridized carbons (Fsp3) is 0.435. The highest BCUT2D eigenvalue weighted by atomic mass is 32.2. The van der Waals surface area contributed by atoms with Crippen LogP contribution in [0.1, 0.15) is 38.2 Å². The van der Waals surface area contributed by atoms with Gasteiger partial charge in [0.1, 0.15) is 11.9 Å². The molecule has 0 bridgehead atoms. The predicted molar refractivity (Wildman–Crippen MR) is 122 cm³/mol. The summed E-state index contributed by atoms with van der Waals surface area (Å²) >= 11 is 0. The fourth-order valence-corrected chi connectivity index (χ4v) is 5.14. The number of hydrogen-bond donors (Lipinski definition) is 1. The molecule has 0 saturated carbocycles. The van der Waals surface area contributed by atoms with Crippen molar-refractivity contribution in [1.29, 1.82) is 0 Å². The minimum Gasteiger partial charge on any atom is -0.372 e. The van der Waals surface area contributed by atoms with Crippen LogP contribution in [0.2, 0.25) is 0 Å². The number of carbonyl (C=O) groups excluding carboxylic acids is 1. The normalized spacial score (nSPS) is 15.4. The van der Waals surface area contributed by atoms with Crippen molar-refractivity contribution in [3.63, 3.8) is 0 Å². The van der Waals surface area contributed by atoms with Crippen LogP contribution in [0.5, 0.6) is 0 Å². The largest absolute Gasteiger partial charge is 0.372 e. The second-order valence-electron chi connectivity index (χ2n) is 7.89. The highest BCUT2D eigenvalue weighted by Gasteiger charge is 2.31. The molecule has 0 spiro atoms. The number of anilines is 2. The molecule has 1 aliphatic rings. The standard InChI is InChI=1S/C23H30FN3O3S/c1-3-22(27(31(2,29)30)21-13-9-19(24)10-14-21)23(28)25-17-18-7-11-20(12-8-18)26-15-5-4-6-16-26/h7-14,22H,3-6,15-17H2,1-2H3,(H,25,28). The first-order valence-corrected chi connectivity index (χ1v) is 12.5. The summed E-state index contributed by atoms with van der Waals surface area (Å²) in [5, 5.41) is 2.85. The third kappa shape index (κ3) is 5.97. The topological polar surface area (TPSA) is 69.7 Å². The lowest BCUT2D eigenvalue weighted by atomic mass is 10.1. The van der Waals surface area contributed by atoms with Crippen LogP contribution in [0.15, 0.2) is 48.5 Å². The molecule has 0 aromatic heterocycles. The maximum Gasteiger partial charge on any atom is 0.244 e. The van der Waals surface area contributed by atoms with E-state index in [0.29, 0.717) is 6.54 Å². The Morgan fingerprint density at radius 3 is 2.23 bits per heavy atom. The van der Waals surface area contributed by atoms with E-state index in [0.717, 1.165) is 29.2 Å². The zero-order valence-electron chi connectivity index (χ0n) is 18.1. The highest BCUT2D eigenvalue weighted by Crippen LogP contribution is 2.23. The molecule has 1 heterocycles. The number of amides is 1. The second kappa shape index (κ2) is 10.1. The molecule has 1 unspecified atom stereocenters. The Kier molecular flexibility index (Phi) is 7.54. The molecule has 1 amide bonds. The molecule has 1 saturated heterocycles. The molecule has 1 aliphatic heterocycles. The molecule has 8 heteroatoms. The molecule has 3 rings (SSSR count). The summed E-state index contributed by atoms with van der Waals surface area (Å²) in [6.45, 7) is 4.19. The number of benzene rings is 2. The molecular formula is C23H30FN3O3S. The molecular weight excluding hydrogens is 417 g/mol. The molecule has 1 atom stereocenters. The maximum absolute atomic E-state index is 13.3. The molecule has 31 heavy (non-hydrogen) atoms. The van der Waals surface area contributed by atoms with Crippen LogP contribution in [-0.4, -0.2) is 39.7 Å². The zero-order chi connectivity index (χ0) is 22.4. The van der Waals surface area contributed by atoms with Crippen molar-refractivity contribution in [2.24, 2.45) is 0 Å². The predicted octanol–water partition coefficient (Wildman–Crippen LogP) is 3.68. The summed E-state index contributed by atoms with van der Waals surface area (Å²) in [6, 6.07) is 12.3. The first-order valence-electron chi connectivity index (χ1n) is 10.7. The quantitative estimate of drug-likeness (QED) is 0.670. The Labute approximate surface area is 184 Å². The Balaban J connectivity index is 1.68. The number of sulfonamides is 1. The third-order valence-corrected chi connectivity index (χ3v) is 6.72. The Bertz CT molecular complexity index is 972. The summed E-state index contributed by atoms with van der Waals surface area (Å²) < 4.78 is 39.2. The van der Waals surface area contributed by atoms with Gasteiger partial charge in [-0.1, -0.05) is 19.1 Å². The van der Waals surface area contributed by atoms with Crippen molar-refractivity contribution in [2.75, 3.05) is 28.6 Å². The van der Waals surface area contributed by atoms with Crippen molar-refractivity contribution in [3.05, 3.63) is 59.9 Å². The van der Waals surface area contributed by atoms with Gasteiger partial charge in [-0.15, -0.1) is 0 Å². The lowest BCUT2D eigenvalue weighted by Crippen LogP contribution is -2.49. The van der Waals surface area contributed by atoms with Crippen molar-refractivity contribution < 1.29 is 17.6 Å². The van der Waals surface area contributed by atoms with Crippen LogP contribution in [0.25, 0.3) is 0 Å². The molecule has 2 aromatic carbocycles. The maximum atomic E-state index is 13.3. The van der Waals surface area contributed by atoms with Crippen molar-refractivity contribution in [1.82, 2.24) is 5.32 Å². The first-order chi connectivity index (χ1) is 14.8. The number of hydrogen-bond acceptors (Lipinski definition) is 4. The lowest BCUT2D eigenvalue weighted by molar-refractivity contribution is -0.122. The van der Waals surface area contributed by atoms with Crippen LogP contribution in [0, 0.1) is 5.82 Å². The van der Waals surface area contributed by atoms with E-state index in [1.54, 1.807) is 6.92 Å². The van der Waals surface area contributed by atoms with Gasteiger partial charge in [-0.3, -0.25) is 9.10 Å². The van der Waals surface area contributed by atoms with Gasteiger partial charge < -0.3 is 10.2 Å². The van der Waals surface area contributed by atoms with Crippen LogP contribution in [-0.2, 0) is 21.4 Å². The minimum absolute atomic E-state index is 0.261. The van der Waals surface area contributed by atoms with Crippen molar-refractivity contribution in [2.45, 2.75) is 45.2 Å². The van der Waals surface area contributed by atoms with E-state index in [4.69, 9.17) is 0 Å². The average Bonchev–Trinajstić information content (AvgIpc) is 2.77. The summed E-state index contributed by atoms with van der Waals surface area (Å²) in [6.07, 6.45) is 5.03. The number of carbonyl (C=O) groups is 1. The summed E-state index contributed by atoms with van der Waals surface area (Å²) in [7, 11) is -3.74. The van der Waals surface area contributed by atoms with Gasteiger partial charge in [0.25, 0.3) is 0 Å². The van der Waals surface area contributed by atoms with Gasteiger partial charge >= 0.3 is 0 Å². The Morgan fingerprint density at radius 2 is 1.68 bits per heavy atom. The Hall–Kier alpha value is -2.61. The number of rotatable bonds is 8. The molecule has 6 nitrogen and oxygen atoms in total. The van der Waals surface area contributed by atoms with Gasteiger partial charge in [-0.2, -0.15) is 0 Å². The molecule has 168 valence electrons. The van der Waals surface area contributed by atoms with E-state index in [9.17, 15) is 17.6 Å². The van der Waals surface area contributed by atoms with E-state index in [1.807, 2.05) is 12.1 Å². The molecule has 2 aromatic rings. The second-order valence-corrected chi connectivity index (χ2v) is 9.75.